The van der Waals surface area contributed by atoms with Gasteiger partial charge < -0.3 is 29.5 Å². The first-order chi connectivity index (χ1) is 21.8. The van der Waals surface area contributed by atoms with E-state index in [4.69, 9.17) is 19.3 Å². The minimum Gasteiger partial charge on any atom is -0.479 e. The second-order valence-electron chi connectivity index (χ2n) is 11.7. The molecule has 0 spiro atoms. The maximum Gasteiger partial charge on any atom is 0.338 e. The Hall–Kier alpha value is -4.25. The largest absolute Gasteiger partial charge is 0.479 e. The Morgan fingerprint density at radius 1 is 1.02 bits per heavy atom. The highest BCUT2D eigenvalue weighted by Crippen LogP contribution is 2.31. The van der Waals surface area contributed by atoms with Crippen LogP contribution in [-0.2, 0) is 28.9 Å². The summed E-state index contributed by atoms with van der Waals surface area (Å²) in [5.74, 6) is -5.90. The maximum absolute atomic E-state index is 14.1. The van der Waals surface area contributed by atoms with Crippen LogP contribution in [0.25, 0.3) is 16.8 Å². The molecule has 3 rings (SSSR count). The molecule has 0 fully saturated rings. The molecule has 0 aliphatic carbocycles. The minimum atomic E-state index is -3.56. The summed E-state index contributed by atoms with van der Waals surface area (Å²) in [6.07, 6.45) is -3.73. The summed E-state index contributed by atoms with van der Waals surface area (Å²) in [5.41, 5.74) is -2.25. The van der Waals surface area contributed by atoms with Crippen molar-refractivity contribution in [2.24, 2.45) is 5.92 Å². The summed E-state index contributed by atoms with van der Waals surface area (Å²) in [6.45, 7) is 6.75. The highest BCUT2D eigenvalue weighted by Gasteiger charge is 2.37. The number of esters is 1. The highest BCUT2D eigenvalue weighted by molar-refractivity contribution is 7.90. The van der Waals surface area contributed by atoms with Gasteiger partial charge in [0.1, 0.15) is 5.60 Å². The standard InChI is InChI=1S/C31H36F2N2O11S/c1-17(2)12-13-44-24(15-31(3,4)46-30(41)26(37)25(36)29(39)40)45-27-21(18-6-9-20(10-7-18)47(5,42)43)16-34-35(28(27)38)19-8-11-22(32)23(33)14-19/h6-11,14,16-17,24-26,36-37H,12-13,15H2,1-5H3,(H,39,40)/t24?,25-,26-/m1/s1. The first-order valence-electron chi connectivity index (χ1n) is 14.3. The van der Waals surface area contributed by atoms with E-state index in [9.17, 15) is 41.8 Å². The number of aliphatic carboxylic acids is 1. The summed E-state index contributed by atoms with van der Waals surface area (Å²) >= 11 is 0. The first-order valence-corrected chi connectivity index (χ1v) is 16.2. The van der Waals surface area contributed by atoms with Gasteiger partial charge >= 0.3 is 17.5 Å². The summed E-state index contributed by atoms with van der Waals surface area (Å²) < 4.78 is 69.9. The Bertz CT molecular complexity index is 1760. The van der Waals surface area contributed by atoms with Crippen molar-refractivity contribution >= 4 is 21.8 Å². The Kier molecular flexibility index (Phi) is 12.0. The van der Waals surface area contributed by atoms with Crippen molar-refractivity contribution in [1.82, 2.24) is 9.78 Å². The number of hydrogen-bond donors (Lipinski definition) is 3. The smallest absolute Gasteiger partial charge is 0.338 e. The quantitative estimate of drug-likeness (QED) is 0.157. The molecule has 256 valence electrons. The van der Waals surface area contributed by atoms with Crippen LogP contribution in [0.2, 0.25) is 0 Å². The second kappa shape index (κ2) is 15.1. The molecule has 1 heterocycles. The highest BCUT2D eigenvalue weighted by atomic mass is 32.2. The number of hydrogen-bond acceptors (Lipinski definition) is 11. The number of aromatic nitrogens is 2. The summed E-state index contributed by atoms with van der Waals surface area (Å²) in [5, 5.41) is 32.5. The number of carbonyl (C=O) groups is 2. The molecule has 3 aromatic rings. The van der Waals surface area contributed by atoms with Gasteiger partial charge in [0, 0.05) is 24.3 Å². The summed E-state index contributed by atoms with van der Waals surface area (Å²) in [7, 11) is -3.56. The van der Waals surface area contributed by atoms with Gasteiger partial charge in [-0.05, 0) is 56.0 Å². The van der Waals surface area contributed by atoms with Crippen LogP contribution in [-0.4, -0.2) is 82.4 Å². The van der Waals surface area contributed by atoms with E-state index in [2.05, 4.69) is 5.10 Å². The van der Waals surface area contributed by atoms with Gasteiger partial charge in [0.2, 0.25) is 6.29 Å². The van der Waals surface area contributed by atoms with E-state index in [1.807, 2.05) is 13.8 Å². The van der Waals surface area contributed by atoms with Crippen molar-refractivity contribution in [2.45, 2.75) is 69.5 Å². The van der Waals surface area contributed by atoms with Crippen LogP contribution in [0.1, 0.15) is 40.5 Å². The number of benzene rings is 2. The number of aliphatic hydroxyl groups excluding tert-OH is 2. The monoisotopic (exact) mass is 682 g/mol. The molecular weight excluding hydrogens is 646 g/mol. The average Bonchev–Trinajstić information content (AvgIpc) is 2.97. The van der Waals surface area contributed by atoms with Crippen molar-refractivity contribution in [1.29, 1.82) is 0 Å². The minimum absolute atomic E-state index is 0.000437. The number of carboxylic acids is 1. The molecular formula is C31H36F2N2O11S. The lowest BCUT2D eigenvalue weighted by molar-refractivity contribution is -0.186. The molecule has 0 amide bonds. The van der Waals surface area contributed by atoms with E-state index < -0.39 is 68.8 Å². The molecule has 0 bridgehead atoms. The van der Waals surface area contributed by atoms with Crippen LogP contribution in [0.15, 0.2) is 58.4 Å². The number of rotatable bonds is 15. The third-order valence-electron chi connectivity index (χ3n) is 6.75. The lowest BCUT2D eigenvalue weighted by Crippen LogP contribution is -2.45. The van der Waals surface area contributed by atoms with E-state index >= 15 is 0 Å². The molecule has 3 N–H and O–H groups in total. The number of sulfone groups is 1. The second-order valence-corrected chi connectivity index (χ2v) is 13.7. The first kappa shape index (κ1) is 37.2. The van der Waals surface area contributed by atoms with Crippen LogP contribution in [0.3, 0.4) is 0 Å². The van der Waals surface area contributed by atoms with E-state index in [-0.39, 0.29) is 35.1 Å². The Labute approximate surface area is 269 Å². The van der Waals surface area contributed by atoms with Gasteiger partial charge in [0.25, 0.3) is 0 Å². The summed E-state index contributed by atoms with van der Waals surface area (Å²) in [4.78, 5) is 37.3. The normalized spacial score (nSPS) is 14.0. The van der Waals surface area contributed by atoms with Gasteiger partial charge in [-0.2, -0.15) is 9.78 Å². The fourth-order valence-electron chi connectivity index (χ4n) is 4.18. The number of aliphatic hydroxyl groups is 2. The van der Waals surface area contributed by atoms with Gasteiger partial charge in [-0.3, -0.25) is 4.79 Å². The van der Waals surface area contributed by atoms with Gasteiger partial charge in [-0.25, -0.2) is 26.8 Å². The number of halogens is 2. The Morgan fingerprint density at radius 3 is 2.21 bits per heavy atom. The van der Waals surface area contributed by atoms with Crippen molar-refractivity contribution < 1.29 is 56.3 Å². The van der Waals surface area contributed by atoms with Crippen molar-refractivity contribution in [3.63, 3.8) is 0 Å². The van der Waals surface area contributed by atoms with Crippen molar-refractivity contribution in [3.8, 4) is 22.6 Å². The van der Waals surface area contributed by atoms with Crippen molar-refractivity contribution in [3.05, 3.63) is 70.6 Å². The van der Waals surface area contributed by atoms with Gasteiger partial charge in [-0.1, -0.05) is 26.0 Å². The predicted octanol–water partition coefficient (Wildman–Crippen LogP) is 2.87. The molecule has 2 aromatic carbocycles. The zero-order valence-corrected chi connectivity index (χ0v) is 27.0. The van der Waals surface area contributed by atoms with Gasteiger partial charge in [0.15, 0.2) is 39.4 Å². The average molecular weight is 683 g/mol. The van der Waals surface area contributed by atoms with E-state index in [0.717, 1.165) is 29.1 Å². The molecule has 0 radical (unpaired) electrons. The molecule has 0 saturated heterocycles. The fourth-order valence-corrected chi connectivity index (χ4v) is 4.81. The van der Waals surface area contributed by atoms with Crippen LogP contribution in [0.5, 0.6) is 5.75 Å². The summed E-state index contributed by atoms with van der Waals surface area (Å²) in [6, 6.07) is 8.13. The van der Waals surface area contributed by atoms with E-state index in [1.54, 1.807) is 0 Å². The molecule has 1 unspecified atom stereocenters. The van der Waals surface area contributed by atoms with Gasteiger partial charge in [0.05, 0.1) is 23.4 Å². The molecule has 1 aromatic heterocycles. The lowest BCUT2D eigenvalue weighted by Gasteiger charge is -2.31. The van der Waals surface area contributed by atoms with Crippen LogP contribution >= 0.6 is 0 Å². The van der Waals surface area contributed by atoms with Crippen LogP contribution < -0.4 is 10.3 Å². The number of carbonyl (C=O) groups excluding carboxylic acids is 1. The zero-order valence-electron chi connectivity index (χ0n) is 26.2. The van der Waals surface area contributed by atoms with Gasteiger partial charge in [-0.15, -0.1) is 0 Å². The van der Waals surface area contributed by atoms with E-state index in [0.29, 0.717) is 12.0 Å². The molecule has 0 aliphatic rings. The molecule has 13 nitrogen and oxygen atoms in total. The van der Waals surface area contributed by atoms with E-state index in [1.165, 1.54) is 44.3 Å². The Morgan fingerprint density at radius 2 is 1.66 bits per heavy atom. The molecule has 16 heteroatoms. The SMILES string of the molecule is CC(C)CCOC(CC(C)(C)OC(=O)[C@H](O)[C@@H](O)C(=O)O)Oc1c(-c2ccc(S(C)(=O)=O)cc2)cnn(-c2ccc(F)c(F)c2)c1=O. The Balaban J connectivity index is 2.10. The zero-order chi connectivity index (χ0) is 35.3. The predicted molar refractivity (Wildman–Crippen MR) is 163 cm³/mol. The van der Waals surface area contributed by atoms with Crippen molar-refractivity contribution in [2.75, 3.05) is 12.9 Å². The lowest BCUT2D eigenvalue weighted by atomic mass is 10.0. The number of nitrogens with zero attached hydrogens (tertiary/aromatic N) is 2. The molecule has 3 atom stereocenters. The molecule has 47 heavy (non-hydrogen) atoms. The number of carboxylic acid groups (broad SMARTS) is 1. The topological polar surface area (TPSA) is 192 Å². The number of ether oxygens (including phenoxy) is 3. The third-order valence-corrected chi connectivity index (χ3v) is 7.88. The molecule has 0 saturated carbocycles. The fraction of sp³-hybridized carbons (Fsp3) is 0.419. The molecule has 0 aliphatic heterocycles. The van der Waals surface area contributed by atoms with Crippen LogP contribution in [0.4, 0.5) is 8.78 Å². The third kappa shape index (κ3) is 9.87. The maximum atomic E-state index is 14.1. The van der Waals surface area contributed by atoms with Crippen LogP contribution in [0, 0.1) is 17.6 Å².